The van der Waals surface area contributed by atoms with Crippen LogP contribution in [-0.2, 0) is 0 Å². The summed E-state index contributed by atoms with van der Waals surface area (Å²) in [7, 11) is 0. The van der Waals surface area contributed by atoms with Gasteiger partial charge in [0.1, 0.15) is 11.6 Å². The van der Waals surface area contributed by atoms with Gasteiger partial charge in [0.2, 0.25) is 5.13 Å². The third-order valence-corrected chi connectivity index (χ3v) is 3.29. The van der Waals surface area contributed by atoms with Crippen LogP contribution in [0.15, 0.2) is 24.3 Å². The van der Waals surface area contributed by atoms with Crippen molar-refractivity contribution in [3.05, 3.63) is 41.5 Å². The maximum atomic E-state index is 13.0. The molecule has 0 aliphatic rings. The predicted octanol–water partition coefficient (Wildman–Crippen LogP) is 2.22. The van der Waals surface area contributed by atoms with E-state index in [-0.39, 0.29) is 5.91 Å². The van der Waals surface area contributed by atoms with Gasteiger partial charge in [-0.05, 0) is 31.5 Å². The summed E-state index contributed by atoms with van der Waals surface area (Å²) in [6, 6.07) is 5.63. The molecule has 7 heteroatoms. The van der Waals surface area contributed by atoms with Crippen LogP contribution in [0.5, 0.6) is 0 Å². The summed E-state index contributed by atoms with van der Waals surface area (Å²) in [5, 5.41) is 6.64. The van der Waals surface area contributed by atoms with Crippen molar-refractivity contribution < 1.29 is 9.18 Å². The number of carbonyl (C=O) groups excluding carboxylic acids is 1. The molecule has 20 heavy (non-hydrogen) atoms. The summed E-state index contributed by atoms with van der Waals surface area (Å²) in [6.07, 6.45) is 0.750. The van der Waals surface area contributed by atoms with E-state index in [1.165, 1.54) is 29.7 Å². The molecule has 0 aliphatic carbocycles. The van der Waals surface area contributed by atoms with Crippen molar-refractivity contribution in [2.45, 2.75) is 13.3 Å². The van der Waals surface area contributed by atoms with Crippen LogP contribution in [0, 0.1) is 12.7 Å². The van der Waals surface area contributed by atoms with Crippen LogP contribution in [-0.4, -0.2) is 28.4 Å². The third-order valence-electron chi connectivity index (χ3n) is 2.53. The molecule has 0 fully saturated rings. The first-order valence-corrected chi connectivity index (χ1v) is 7.00. The molecule has 0 bridgehead atoms. The van der Waals surface area contributed by atoms with Gasteiger partial charge in [0.15, 0.2) is 0 Å². The number of aromatic nitrogens is 2. The summed E-state index contributed by atoms with van der Waals surface area (Å²) in [5.41, 5.74) is 0.331. The zero-order chi connectivity index (χ0) is 14.4. The number of nitrogens with one attached hydrogen (secondary N) is 2. The van der Waals surface area contributed by atoms with Crippen LogP contribution in [0.1, 0.15) is 22.6 Å². The van der Waals surface area contributed by atoms with Crippen molar-refractivity contribution >= 4 is 22.6 Å². The largest absolute Gasteiger partial charge is 0.360 e. The molecule has 1 heterocycles. The number of rotatable bonds is 6. The Morgan fingerprint density at radius 1 is 1.40 bits per heavy atom. The van der Waals surface area contributed by atoms with Gasteiger partial charge < -0.3 is 10.6 Å². The molecule has 1 amide bonds. The van der Waals surface area contributed by atoms with Gasteiger partial charge in [0, 0.05) is 30.2 Å². The molecule has 106 valence electrons. The molecule has 1 aromatic carbocycles. The third kappa shape index (κ3) is 4.27. The van der Waals surface area contributed by atoms with E-state index in [0.29, 0.717) is 18.7 Å². The Bertz CT molecular complexity index is 587. The fourth-order valence-corrected chi connectivity index (χ4v) is 2.19. The number of benzene rings is 1. The van der Waals surface area contributed by atoms with Crippen molar-refractivity contribution in [1.29, 1.82) is 0 Å². The first-order chi connectivity index (χ1) is 9.65. The number of hydrogen-bond acceptors (Lipinski definition) is 5. The van der Waals surface area contributed by atoms with Crippen LogP contribution >= 0.6 is 11.5 Å². The standard InChI is InChI=1S/C13H15FN4OS/c1-9-17-13(20-18-9)16-7-3-6-15-12(19)10-4-2-5-11(14)8-10/h2,4-5,8H,3,6-7H2,1H3,(H,15,19)(H,16,17,18). The topological polar surface area (TPSA) is 66.9 Å². The van der Waals surface area contributed by atoms with Gasteiger partial charge in [-0.1, -0.05) is 6.07 Å². The first kappa shape index (κ1) is 14.4. The number of anilines is 1. The molecule has 2 aromatic rings. The number of nitrogens with zero attached hydrogens (tertiary/aromatic N) is 2. The van der Waals surface area contributed by atoms with E-state index < -0.39 is 5.82 Å². The molecular weight excluding hydrogens is 279 g/mol. The average molecular weight is 294 g/mol. The normalized spacial score (nSPS) is 10.3. The molecular formula is C13H15FN4OS. The second-order valence-corrected chi connectivity index (χ2v) is 4.95. The van der Waals surface area contributed by atoms with E-state index in [4.69, 9.17) is 0 Å². The lowest BCUT2D eigenvalue weighted by atomic mass is 10.2. The Kier molecular flexibility index (Phi) is 5.00. The summed E-state index contributed by atoms with van der Waals surface area (Å²) in [5.74, 6) is 0.0686. The minimum atomic E-state index is -0.411. The zero-order valence-electron chi connectivity index (χ0n) is 11.0. The Balaban J connectivity index is 1.67. The fraction of sp³-hybridized carbons (Fsp3) is 0.308. The number of carbonyl (C=O) groups is 1. The Morgan fingerprint density at radius 3 is 2.95 bits per heavy atom. The maximum absolute atomic E-state index is 13.0. The summed E-state index contributed by atoms with van der Waals surface area (Å²) >= 11 is 1.31. The van der Waals surface area contributed by atoms with Gasteiger partial charge in [-0.25, -0.2) is 9.37 Å². The number of aryl methyl sites for hydroxylation is 1. The molecule has 0 radical (unpaired) electrons. The van der Waals surface area contributed by atoms with E-state index in [1.807, 2.05) is 6.92 Å². The van der Waals surface area contributed by atoms with E-state index in [1.54, 1.807) is 6.07 Å². The maximum Gasteiger partial charge on any atom is 0.251 e. The minimum Gasteiger partial charge on any atom is -0.360 e. The molecule has 2 N–H and O–H groups in total. The van der Waals surface area contributed by atoms with Crippen molar-refractivity contribution in [3.8, 4) is 0 Å². The molecule has 0 unspecified atom stereocenters. The van der Waals surface area contributed by atoms with Gasteiger partial charge >= 0.3 is 0 Å². The minimum absolute atomic E-state index is 0.267. The molecule has 0 spiro atoms. The number of halogens is 1. The lowest BCUT2D eigenvalue weighted by Crippen LogP contribution is -2.25. The highest BCUT2D eigenvalue weighted by atomic mass is 32.1. The molecule has 0 saturated carbocycles. The first-order valence-electron chi connectivity index (χ1n) is 6.23. The van der Waals surface area contributed by atoms with E-state index in [2.05, 4.69) is 20.0 Å². The van der Waals surface area contributed by atoms with Crippen LogP contribution in [0.4, 0.5) is 9.52 Å². The van der Waals surface area contributed by atoms with Crippen LogP contribution in [0.25, 0.3) is 0 Å². The molecule has 0 aliphatic heterocycles. The van der Waals surface area contributed by atoms with Gasteiger partial charge in [-0.15, -0.1) is 0 Å². The fourth-order valence-electron chi connectivity index (χ4n) is 1.59. The number of amides is 1. The lowest BCUT2D eigenvalue weighted by Gasteiger charge is -2.05. The summed E-state index contributed by atoms with van der Waals surface area (Å²) in [6.45, 7) is 3.04. The van der Waals surface area contributed by atoms with E-state index in [0.717, 1.165) is 17.4 Å². The summed E-state index contributed by atoms with van der Waals surface area (Å²) < 4.78 is 17.0. The van der Waals surface area contributed by atoms with Crippen molar-refractivity contribution in [2.75, 3.05) is 18.4 Å². The van der Waals surface area contributed by atoms with E-state index in [9.17, 15) is 9.18 Å². The second kappa shape index (κ2) is 6.95. The van der Waals surface area contributed by atoms with Gasteiger partial charge in [0.25, 0.3) is 5.91 Å². The van der Waals surface area contributed by atoms with Gasteiger partial charge in [-0.2, -0.15) is 4.37 Å². The SMILES string of the molecule is Cc1nsc(NCCCNC(=O)c2cccc(F)c2)n1. The van der Waals surface area contributed by atoms with Gasteiger partial charge in [-0.3, -0.25) is 4.79 Å². The molecule has 0 atom stereocenters. The van der Waals surface area contributed by atoms with E-state index >= 15 is 0 Å². The monoisotopic (exact) mass is 294 g/mol. The molecule has 0 saturated heterocycles. The Labute approximate surface area is 120 Å². The van der Waals surface area contributed by atoms with Crippen molar-refractivity contribution in [2.24, 2.45) is 0 Å². The predicted molar refractivity (Wildman–Crippen MR) is 76.5 cm³/mol. The van der Waals surface area contributed by atoms with Crippen molar-refractivity contribution in [1.82, 2.24) is 14.7 Å². The van der Waals surface area contributed by atoms with Gasteiger partial charge in [0.05, 0.1) is 0 Å². The van der Waals surface area contributed by atoms with Crippen LogP contribution < -0.4 is 10.6 Å². The highest BCUT2D eigenvalue weighted by molar-refractivity contribution is 7.09. The van der Waals surface area contributed by atoms with Crippen LogP contribution in [0.3, 0.4) is 0 Å². The number of hydrogen-bond donors (Lipinski definition) is 2. The summed E-state index contributed by atoms with van der Waals surface area (Å²) in [4.78, 5) is 15.9. The zero-order valence-corrected chi connectivity index (χ0v) is 11.8. The molecule has 2 rings (SSSR count). The van der Waals surface area contributed by atoms with Crippen LogP contribution in [0.2, 0.25) is 0 Å². The smallest absolute Gasteiger partial charge is 0.251 e. The molecule has 5 nitrogen and oxygen atoms in total. The average Bonchev–Trinajstić information content (AvgIpc) is 2.84. The Morgan fingerprint density at radius 2 is 2.25 bits per heavy atom. The molecule has 1 aromatic heterocycles. The van der Waals surface area contributed by atoms with Crippen molar-refractivity contribution in [3.63, 3.8) is 0 Å². The lowest BCUT2D eigenvalue weighted by molar-refractivity contribution is 0.0953. The highest BCUT2D eigenvalue weighted by Gasteiger charge is 2.05. The Hall–Kier alpha value is -2.02. The highest BCUT2D eigenvalue weighted by Crippen LogP contribution is 2.09. The second-order valence-electron chi connectivity index (χ2n) is 4.19. The quantitative estimate of drug-likeness (QED) is 0.802.